The van der Waals surface area contributed by atoms with E-state index in [1.807, 2.05) is 121 Å². The molecule has 4 aromatic heterocycles. The summed E-state index contributed by atoms with van der Waals surface area (Å²) >= 11 is 0. The summed E-state index contributed by atoms with van der Waals surface area (Å²) in [4.78, 5) is 70.7. The Labute approximate surface area is 434 Å². The molecule has 0 saturated carbocycles. The van der Waals surface area contributed by atoms with E-state index in [1.165, 1.54) is 11.1 Å². The van der Waals surface area contributed by atoms with Crippen molar-refractivity contribution in [2.75, 3.05) is 59.0 Å². The number of carbonyl (C=O) groups is 2. The van der Waals surface area contributed by atoms with Gasteiger partial charge in [-0.25, -0.2) is 9.59 Å². The normalized spacial score (nSPS) is 17.9. The third-order valence-corrected chi connectivity index (χ3v) is 16.0. The maximum atomic E-state index is 13.6. The number of imidazole rings is 2. The number of aromatic nitrogens is 6. The van der Waals surface area contributed by atoms with Crippen LogP contribution in [0.3, 0.4) is 0 Å². The van der Waals surface area contributed by atoms with E-state index in [2.05, 4.69) is 61.9 Å². The Balaban J connectivity index is 0.000000172. The lowest BCUT2D eigenvalue weighted by Crippen LogP contribution is -2.46. The molecule has 0 bridgehead atoms. The van der Waals surface area contributed by atoms with Gasteiger partial charge >= 0.3 is 11.4 Å². The highest BCUT2D eigenvalue weighted by molar-refractivity contribution is 5.80. The lowest BCUT2D eigenvalue weighted by atomic mass is 9.93. The van der Waals surface area contributed by atoms with Crippen LogP contribution in [-0.4, -0.2) is 119 Å². The molecule has 4 fully saturated rings. The van der Waals surface area contributed by atoms with Crippen molar-refractivity contribution < 1.29 is 14.3 Å². The van der Waals surface area contributed by atoms with Crippen LogP contribution in [0.25, 0.3) is 22.1 Å². The first-order valence-electron chi connectivity index (χ1n) is 27.2. The van der Waals surface area contributed by atoms with Gasteiger partial charge in [0.25, 0.3) is 0 Å². The Kier molecular flexibility index (Phi) is 16.4. The van der Waals surface area contributed by atoms with Crippen molar-refractivity contribution in [3.05, 3.63) is 160 Å². The number of ether oxygens (including phenoxy) is 1. The lowest BCUT2D eigenvalue weighted by molar-refractivity contribution is -0.139. The van der Waals surface area contributed by atoms with Gasteiger partial charge in [0.05, 0.1) is 28.6 Å². The zero-order valence-electron chi connectivity index (χ0n) is 43.0. The number of carbonyl (C=O) groups excluding carboxylic acids is 2. The second-order valence-corrected chi connectivity index (χ2v) is 20.7. The summed E-state index contributed by atoms with van der Waals surface area (Å²) in [5, 5.41) is 0. The predicted molar refractivity (Wildman–Crippen MR) is 289 cm³/mol. The number of amides is 2. The van der Waals surface area contributed by atoms with Gasteiger partial charge in [-0.15, -0.1) is 0 Å². The predicted octanol–water partition coefficient (Wildman–Crippen LogP) is 8.04. The molecule has 0 spiro atoms. The second kappa shape index (κ2) is 24.0. The Hall–Kier alpha value is -6.84. The molecular weight excluding hydrogens is 929 g/mol. The van der Waals surface area contributed by atoms with Gasteiger partial charge in [-0.2, -0.15) is 0 Å². The van der Waals surface area contributed by atoms with Crippen LogP contribution in [0.1, 0.15) is 87.9 Å². The molecule has 7 aromatic rings. The van der Waals surface area contributed by atoms with Gasteiger partial charge in [0, 0.05) is 94.5 Å². The number of rotatable bonds is 14. The molecule has 15 nitrogen and oxygen atoms in total. The summed E-state index contributed by atoms with van der Waals surface area (Å²) in [7, 11) is 0. The van der Waals surface area contributed by atoms with Gasteiger partial charge < -0.3 is 14.5 Å². The molecule has 4 aliphatic heterocycles. The zero-order chi connectivity index (χ0) is 50.8. The minimum absolute atomic E-state index is 0.00390. The third-order valence-electron chi connectivity index (χ3n) is 16.0. The number of aryl methyl sites for hydroxylation is 1. The fourth-order valence-electron chi connectivity index (χ4n) is 12.0. The fourth-order valence-corrected chi connectivity index (χ4v) is 12.0. The van der Waals surface area contributed by atoms with Crippen molar-refractivity contribution >= 4 is 33.9 Å². The summed E-state index contributed by atoms with van der Waals surface area (Å²) in [6.07, 6.45) is 15.2. The number of para-hydroxylation sites is 5. The summed E-state index contributed by atoms with van der Waals surface area (Å²) in [6, 6.07) is 34.3. The summed E-state index contributed by atoms with van der Waals surface area (Å²) in [5.74, 6) is 1.62. The number of hydrogen-bond donors (Lipinski definition) is 0. The van der Waals surface area contributed by atoms with Gasteiger partial charge in [-0.1, -0.05) is 49.4 Å². The zero-order valence-corrected chi connectivity index (χ0v) is 43.0. The van der Waals surface area contributed by atoms with E-state index < -0.39 is 0 Å². The molecule has 3 aromatic carbocycles. The molecule has 8 heterocycles. The first-order chi connectivity index (χ1) is 36.3. The van der Waals surface area contributed by atoms with Crippen LogP contribution in [-0.2, 0) is 35.8 Å². The molecule has 0 radical (unpaired) electrons. The monoisotopic (exact) mass is 1000 g/mol. The van der Waals surface area contributed by atoms with Gasteiger partial charge in [0.2, 0.25) is 11.8 Å². The average Bonchev–Trinajstić information content (AvgIpc) is 3.90. The number of likely N-dealkylation sites (tertiary alicyclic amines) is 4. The van der Waals surface area contributed by atoms with Crippen molar-refractivity contribution in [2.24, 2.45) is 11.8 Å². The standard InChI is InChI=1S/C32H37N5O3.C27H35N5O2/c38-31(26-12-18-34(19-13-26)24-25-10-16-33-17-11-25)35-20-14-27(15-21-35)37-30-9-5-4-8-29(30)36(32(37)39)22-23-40-28-6-2-1-3-7-28;1-2-15-31-24-5-3-4-6-25(24)32(27(31)34)23-11-18-30(19-12-23)26(33)22-9-16-29(17-10-22)20-21-7-13-28-14-8-21/h1-11,16-17,26-27H,12-15,18-24H2;3-8,13-14,22-23H,2,9-12,15-20H2,1H3. The number of benzene rings is 3. The van der Waals surface area contributed by atoms with Crippen molar-refractivity contribution in [2.45, 2.75) is 103 Å². The van der Waals surface area contributed by atoms with E-state index in [0.29, 0.717) is 32.1 Å². The Morgan fingerprint density at radius 3 is 1.30 bits per heavy atom. The van der Waals surface area contributed by atoms with Crippen LogP contribution >= 0.6 is 0 Å². The van der Waals surface area contributed by atoms with E-state index in [1.54, 1.807) is 0 Å². The highest BCUT2D eigenvalue weighted by Crippen LogP contribution is 2.31. The van der Waals surface area contributed by atoms with Crippen LogP contribution in [0.5, 0.6) is 5.75 Å². The van der Waals surface area contributed by atoms with E-state index >= 15 is 0 Å². The quantitative estimate of drug-likeness (QED) is 0.106. The molecule has 2 amide bonds. The smallest absolute Gasteiger partial charge is 0.329 e. The van der Waals surface area contributed by atoms with Gasteiger partial charge in [-0.3, -0.25) is 47.6 Å². The van der Waals surface area contributed by atoms with Gasteiger partial charge in [0.1, 0.15) is 12.4 Å². The van der Waals surface area contributed by atoms with Crippen molar-refractivity contribution in [1.29, 1.82) is 0 Å². The minimum Gasteiger partial charge on any atom is -0.492 e. The highest BCUT2D eigenvalue weighted by atomic mass is 16.5. The number of nitrogens with zero attached hydrogens (tertiary/aromatic N) is 10. The van der Waals surface area contributed by atoms with Crippen LogP contribution in [0.15, 0.2) is 138 Å². The van der Waals surface area contributed by atoms with Crippen LogP contribution in [0, 0.1) is 11.8 Å². The number of piperidine rings is 4. The molecule has 0 unspecified atom stereocenters. The number of hydrogen-bond acceptors (Lipinski definition) is 9. The first kappa shape index (κ1) is 50.7. The van der Waals surface area contributed by atoms with Gasteiger partial charge in [-0.05, 0) is 156 Å². The Morgan fingerprint density at radius 1 is 0.486 bits per heavy atom. The van der Waals surface area contributed by atoms with Crippen molar-refractivity contribution in [3.8, 4) is 5.75 Å². The summed E-state index contributed by atoms with van der Waals surface area (Å²) in [6.45, 7) is 12.3. The maximum absolute atomic E-state index is 13.6. The summed E-state index contributed by atoms with van der Waals surface area (Å²) in [5.41, 5.74) is 6.57. The van der Waals surface area contributed by atoms with Crippen molar-refractivity contribution in [3.63, 3.8) is 0 Å². The second-order valence-electron chi connectivity index (χ2n) is 20.7. The topological polar surface area (TPSA) is 136 Å². The molecular formula is C59H72N10O5. The molecule has 74 heavy (non-hydrogen) atoms. The van der Waals surface area contributed by atoms with E-state index in [-0.39, 0.29) is 41.2 Å². The largest absolute Gasteiger partial charge is 0.492 e. The molecule has 388 valence electrons. The Morgan fingerprint density at radius 2 is 0.878 bits per heavy atom. The number of fused-ring (bicyclic) bond motifs is 2. The van der Waals surface area contributed by atoms with Crippen molar-refractivity contribution in [1.82, 2.24) is 47.8 Å². The highest BCUT2D eigenvalue weighted by Gasteiger charge is 2.34. The molecule has 0 N–H and O–H groups in total. The maximum Gasteiger partial charge on any atom is 0.329 e. The number of pyridine rings is 2. The fraction of sp³-hybridized carbons (Fsp3) is 0.458. The SMILES string of the molecule is CCCn1c(=O)n(C2CCN(C(=O)C3CCN(Cc4ccncc4)CC3)CC2)c2ccccc21.O=C(C1CCN(Cc2ccncc2)CC1)N1CCC(n2c(=O)n(CCOc3ccccc3)c3ccccc32)CC1. The molecule has 4 saturated heterocycles. The first-order valence-corrected chi connectivity index (χ1v) is 27.2. The molecule has 15 heteroatoms. The molecule has 4 aliphatic rings. The molecule has 0 atom stereocenters. The van der Waals surface area contributed by atoms with Gasteiger partial charge in [0.15, 0.2) is 0 Å². The average molecular weight is 1000 g/mol. The molecule has 11 rings (SSSR count). The lowest BCUT2D eigenvalue weighted by Gasteiger charge is -2.37. The molecule has 0 aliphatic carbocycles. The van der Waals surface area contributed by atoms with E-state index in [9.17, 15) is 19.2 Å². The minimum atomic E-state index is 0.00390. The summed E-state index contributed by atoms with van der Waals surface area (Å²) < 4.78 is 13.6. The Bertz CT molecular complexity index is 3050. The van der Waals surface area contributed by atoms with Crippen LogP contribution in [0.2, 0.25) is 0 Å². The third kappa shape index (κ3) is 11.6. The van der Waals surface area contributed by atoms with E-state index in [4.69, 9.17) is 4.74 Å². The van der Waals surface area contributed by atoms with E-state index in [0.717, 1.165) is 145 Å². The van der Waals surface area contributed by atoms with Crippen LogP contribution in [0.4, 0.5) is 0 Å². The van der Waals surface area contributed by atoms with Crippen LogP contribution < -0.4 is 16.1 Å².